The number of hydrogen-bond donors (Lipinski definition) is 5. The van der Waals surface area contributed by atoms with Crippen LogP contribution in [0.5, 0.6) is 0 Å². The third kappa shape index (κ3) is 8.39. The third-order valence-corrected chi connectivity index (χ3v) is 6.58. The summed E-state index contributed by atoms with van der Waals surface area (Å²) < 4.78 is 15.7. The summed E-state index contributed by atoms with van der Waals surface area (Å²) in [5, 5.41) is 31.9. The van der Waals surface area contributed by atoms with Crippen LogP contribution in [0.15, 0.2) is 42.7 Å². The van der Waals surface area contributed by atoms with Crippen molar-refractivity contribution in [3.63, 3.8) is 0 Å². The van der Waals surface area contributed by atoms with Gasteiger partial charge < -0.3 is 21.1 Å². The van der Waals surface area contributed by atoms with Crippen LogP contribution in [-0.2, 0) is 4.79 Å². The van der Waals surface area contributed by atoms with Gasteiger partial charge in [-0.15, -0.1) is 5.10 Å². The molecule has 0 bridgehead atoms. The number of carboxylic acid groups (broad SMARTS) is 1. The molecule has 1 atom stereocenters. The van der Waals surface area contributed by atoms with Crippen molar-refractivity contribution < 1.29 is 19.1 Å². The Kier molecular flexibility index (Phi) is 9.66. The zero-order valence-electron chi connectivity index (χ0n) is 21.0. The van der Waals surface area contributed by atoms with Crippen molar-refractivity contribution in [2.45, 2.75) is 31.7 Å². The van der Waals surface area contributed by atoms with Crippen LogP contribution in [0.1, 0.15) is 31.2 Å². The van der Waals surface area contributed by atoms with E-state index in [4.69, 9.17) is 16.7 Å². The van der Waals surface area contributed by atoms with Crippen molar-refractivity contribution in [1.29, 1.82) is 0 Å². The van der Waals surface area contributed by atoms with Gasteiger partial charge in [-0.2, -0.15) is 4.68 Å². The lowest BCUT2D eigenvalue weighted by atomic mass is 9.91. The molecule has 1 unspecified atom stereocenters. The molecule has 2 aromatic carbocycles. The molecule has 0 radical (unpaired) electrons. The van der Waals surface area contributed by atoms with Crippen LogP contribution < -0.4 is 21.3 Å². The highest BCUT2D eigenvalue weighted by atomic mass is 35.5. The highest BCUT2D eigenvalue weighted by Gasteiger charge is 2.18. The number of carbonyl (C=O) groups excluding carboxylic acids is 1. The summed E-state index contributed by atoms with van der Waals surface area (Å²) in [6.45, 7) is 2.28. The van der Waals surface area contributed by atoms with Crippen molar-refractivity contribution in [3.8, 4) is 17.5 Å². The van der Waals surface area contributed by atoms with Crippen LogP contribution in [0, 0.1) is 23.6 Å². The van der Waals surface area contributed by atoms with Gasteiger partial charge in [-0.05, 0) is 91.5 Å². The Hall–Kier alpha value is -4.21. The molecule has 0 spiro atoms. The number of piperidine rings is 1. The number of aromatic nitrogens is 4. The Bertz CT molecular complexity index is 1350. The molecule has 204 valence electrons. The first-order valence-electron chi connectivity index (χ1n) is 12.5. The molecule has 1 fully saturated rings. The minimum Gasteiger partial charge on any atom is -0.465 e. The summed E-state index contributed by atoms with van der Waals surface area (Å²) in [7, 11) is 0. The fourth-order valence-corrected chi connectivity index (χ4v) is 4.51. The second kappa shape index (κ2) is 13.5. The highest BCUT2D eigenvalue weighted by molar-refractivity contribution is 6.30. The van der Waals surface area contributed by atoms with Gasteiger partial charge in [0.2, 0.25) is 0 Å². The van der Waals surface area contributed by atoms with E-state index in [1.54, 1.807) is 24.3 Å². The molecule has 13 heteroatoms. The molecule has 0 aliphatic carbocycles. The van der Waals surface area contributed by atoms with Crippen molar-refractivity contribution >= 4 is 35.0 Å². The van der Waals surface area contributed by atoms with E-state index >= 15 is 0 Å². The first-order chi connectivity index (χ1) is 18.9. The summed E-state index contributed by atoms with van der Waals surface area (Å²) >= 11 is 6.14. The van der Waals surface area contributed by atoms with E-state index in [0.29, 0.717) is 40.8 Å². The molecule has 39 heavy (non-hydrogen) atoms. The van der Waals surface area contributed by atoms with Crippen molar-refractivity contribution in [2.75, 3.05) is 30.3 Å². The molecule has 2 amide bonds. The molecule has 1 aliphatic rings. The van der Waals surface area contributed by atoms with Gasteiger partial charge in [0, 0.05) is 29.2 Å². The van der Waals surface area contributed by atoms with Gasteiger partial charge in [-0.25, -0.2) is 9.18 Å². The zero-order chi connectivity index (χ0) is 27.6. The Morgan fingerprint density at radius 2 is 2.05 bits per heavy atom. The van der Waals surface area contributed by atoms with Crippen LogP contribution in [0.25, 0.3) is 5.69 Å². The number of tetrazole rings is 1. The van der Waals surface area contributed by atoms with Crippen LogP contribution in [0.2, 0.25) is 5.02 Å². The Morgan fingerprint density at radius 1 is 1.23 bits per heavy atom. The van der Waals surface area contributed by atoms with Gasteiger partial charge in [-0.3, -0.25) is 10.1 Å². The van der Waals surface area contributed by atoms with Gasteiger partial charge >= 0.3 is 6.09 Å². The van der Waals surface area contributed by atoms with E-state index in [1.165, 1.54) is 23.1 Å². The highest BCUT2D eigenvalue weighted by Crippen LogP contribution is 2.21. The Morgan fingerprint density at radius 3 is 2.77 bits per heavy atom. The summed E-state index contributed by atoms with van der Waals surface area (Å²) in [5.74, 6) is 4.87. The van der Waals surface area contributed by atoms with E-state index in [9.17, 15) is 14.0 Å². The van der Waals surface area contributed by atoms with Crippen LogP contribution in [0.4, 0.5) is 20.6 Å². The quantitative estimate of drug-likeness (QED) is 0.253. The number of carbonyl (C=O) groups is 2. The van der Waals surface area contributed by atoms with Crippen molar-refractivity contribution in [1.82, 2.24) is 30.8 Å². The fraction of sp³-hybridized carbons (Fsp3) is 0.346. The van der Waals surface area contributed by atoms with E-state index < -0.39 is 17.8 Å². The number of benzene rings is 2. The smallest absolute Gasteiger partial charge is 0.409 e. The number of rotatable bonds is 9. The fourth-order valence-electron chi connectivity index (χ4n) is 4.34. The lowest BCUT2D eigenvalue weighted by molar-refractivity contribution is -0.116. The van der Waals surface area contributed by atoms with Crippen molar-refractivity contribution in [3.05, 3.63) is 59.1 Å². The minimum atomic E-state index is -1.35. The van der Waals surface area contributed by atoms with Crippen molar-refractivity contribution in [2.24, 2.45) is 5.92 Å². The normalized spacial score (nSPS) is 14.1. The lowest BCUT2D eigenvalue weighted by Gasteiger charge is -2.25. The van der Waals surface area contributed by atoms with Gasteiger partial charge in [0.1, 0.15) is 12.1 Å². The number of amides is 2. The maximum Gasteiger partial charge on any atom is 0.409 e. The number of nitrogens with zero attached hydrogens (tertiary/aromatic N) is 4. The summed E-state index contributed by atoms with van der Waals surface area (Å²) in [6, 6.07) is 8.86. The zero-order valence-corrected chi connectivity index (χ0v) is 21.7. The van der Waals surface area contributed by atoms with E-state index in [-0.39, 0.29) is 11.7 Å². The molecule has 1 saturated heterocycles. The number of anilines is 2. The van der Waals surface area contributed by atoms with E-state index in [2.05, 4.69) is 43.3 Å². The summed E-state index contributed by atoms with van der Waals surface area (Å²) in [6.07, 6.45) is 3.86. The maximum absolute atomic E-state index is 14.3. The molecular weight excluding hydrogens is 527 g/mol. The maximum atomic E-state index is 14.3. The largest absolute Gasteiger partial charge is 0.465 e. The topological polar surface area (TPSA) is 146 Å². The lowest BCUT2D eigenvalue weighted by Crippen LogP contribution is -2.40. The minimum absolute atomic E-state index is 0.138. The number of halogens is 2. The average Bonchev–Trinajstić information content (AvgIpc) is 3.46. The number of nitrogens with one attached hydrogen (secondary N) is 4. The first-order valence-corrected chi connectivity index (χ1v) is 12.8. The van der Waals surface area contributed by atoms with Gasteiger partial charge in [0.15, 0.2) is 0 Å². The van der Waals surface area contributed by atoms with Crippen LogP contribution >= 0.6 is 11.6 Å². The standard InChI is InChI=1S/C26H28ClFN8O3/c27-19-3-7-24(36-16-31-34-35-36)18(13-19)2-8-25(37)32-21(4-1-17-9-11-29-12-10-17)15-30-20-5-6-23(22(28)14-20)33-26(38)39/h3,5-7,13-14,16-17,21,29-30,33H,1,4,9-12,15H2,(H,32,37)(H,38,39). The molecular formula is C26H28ClFN8O3. The molecule has 2 heterocycles. The third-order valence-electron chi connectivity index (χ3n) is 6.35. The van der Waals surface area contributed by atoms with Gasteiger partial charge in [0.25, 0.3) is 5.91 Å². The second-order valence-corrected chi connectivity index (χ2v) is 9.55. The van der Waals surface area contributed by atoms with E-state index in [1.807, 2.05) is 5.32 Å². The predicted molar refractivity (Wildman–Crippen MR) is 144 cm³/mol. The summed E-state index contributed by atoms with van der Waals surface area (Å²) in [5.41, 5.74) is 1.39. The van der Waals surface area contributed by atoms with Gasteiger partial charge in [0.05, 0.1) is 16.9 Å². The molecule has 0 saturated carbocycles. The summed E-state index contributed by atoms with van der Waals surface area (Å²) in [4.78, 5) is 23.6. The first kappa shape index (κ1) is 27.8. The van der Waals surface area contributed by atoms with Crippen LogP contribution in [0.3, 0.4) is 0 Å². The van der Waals surface area contributed by atoms with Crippen LogP contribution in [-0.4, -0.2) is 63.0 Å². The molecule has 4 rings (SSSR count). The molecule has 11 nitrogen and oxygen atoms in total. The monoisotopic (exact) mass is 554 g/mol. The SMILES string of the molecule is O=C(O)Nc1ccc(NCC(CCC2CCNCC2)NC(=O)C#Cc2cc(Cl)ccc2-n2cnnn2)cc1F. The second-order valence-electron chi connectivity index (χ2n) is 9.11. The molecule has 3 aromatic rings. The average molecular weight is 555 g/mol. The number of hydrogen-bond acceptors (Lipinski definition) is 7. The van der Waals surface area contributed by atoms with Gasteiger partial charge in [-0.1, -0.05) is 17.5 Å². The van der Waals surface area contributed by atoms with E-state index in [0.717, 1.165) is 32.4 Å². The predicted octanol–water partition coefficient (Wildman–Crippen LogP) is 3.27. The molecule has 1 aromatic heterocycles. The Labute approximate surface area is 229 Å². The molecule has 5 N–H and O–H groups in total. The molecule has 1 aliphatic heterocycles. The Balaban J connectivity index is 1.44.